The number of hydrogen-bond donors (Lipinski definition) is 1. The lowest BCUT2D eigenvalue weighted by molar-refractivity contribution is -0.142. The predicted molar refractivity (Wildman–Crippen MR) is 67.5 cm³/mol. The van der Waals surface area contributed by atoms with Crippen LogP contribution in [0.25, 0.3) is 0 Å². The Morgan fingerprint density at radius 1 is 1.41 bits per heavy atom. The van der Waals surface area contributed by atoms with Crippen LogP contribution < -0.4 is 10.1 Å². The molecule has 0 heterocycles. The molecule has 0 saturated carbocycles. The Morgan fingerprint density at radius 3 is 2.82 bits per heavy atom. The number of carbonyl (C=O) groups excluding carboxylic acids is 1. The lowest BCUT2D eigenvalue weighted by Gasteiger charge is -2.11. The van der Waals surface area contributed by atoms with Crippen molar-refractivity contribution in [2.24, 2.45) is 0 Å². The van der Waals surface area contributed by atoms with E-state index in [1.54, 1.807) is 14.0 Å². The normalized spacial score (nSPS) is 9.82. The zero-order chi connectivity index (χ0) is 12.7. The van der Waals surface area contributed by atoms with Crippen LogP contribution in [0.5, 0.6) is 5.75 Å². The molecule has 0 aromatic heterocycles. The van der Waals surface area contributed by atoms with E-state index < -0.39 is 0 Å². The van der Waals surface area contributed by atoms with E-state index >= 15 is 0 Å². The van der Waals surface area contributed by atoms with E-state index in [1.165, 1.54) is 0 Å². The molecule has 0 saturated heterocycles. The smallest absolute Gasteiger partial charge is 0.307 e. The Labute approximate surface area is 102 Å². The van der Waals surface area contributed by atoms with Gasteiger partial charge in [0, 0.05) is 6.54 Å². The summed E-state index contributed by atoms with van der Waals surface area (Å²) in [5.74, 6) is 0.589. The largest absolute Gasteiger partial charge is 0.495 e. The van der Waals surface area contributed by atoms with Gasteiger partial charge in [-0.3, -0.25) is 4.79 Å². The number of ether oxygens (including phenoxy) is 2. The molecule has 94 valence electrons. The molecular weight excluding hydrogens is 218 g/mol. The topological polar surface area (TPSA) is 47.6 Å². The third-order valence-corrected chi connectivity index (χ3v) is 2.30. The molecule has 0 spiro atoms. The van der Waals surface area contributed by atoms with Crippen molar-refractivity contribution in [3.63, 3.8) is 0 Å². The fourth-order valence-corrected chi connectivity index (χ4v) is 1.49. The van der Waals surface area contributed by atoms with Crippen LogP contribution in [-0.2, 0) is 9.53 Å². The van der Waals surface area contributed by atoms with Gasteiger partial charge in [-0.1, -0.05) is 6.07 Å². The first-order chi connectivity index (χ1) is 8.17. The molecule has 0 radical (unpaired) electrons. The number of benzene rings is 1. The average Bonchev–Trinajstić information content (AvgIpc) is 2.30. The van der Waals surface area contributed by atoms with E-state index in [9.17, 15) is 4.79 Å². The molecule has 1 aromatic rings. The van der Waals surface area contributed by atoms with Crippen molar-refractivity contribution < 1.29 is 14.3 Å². The monoisotopic (exact) mass is 237 g/mol. The quantitative estimate of drug-likeness (QED) is 0.772. The maximum Gasteiger partial charge on any atom is 0.307 e. The SMILES string of the molecule is CCOC(=O)CCNc1cc(C)ccc1OC. The predicted octanol–water partition coefficient (Wildman–Crippen LogP) is 2.37. The first kappa shape index (κ1) is 13.4. The number of esters is 1. The zero-order valence-electron chi connectivity index (χ0n) is 10.6. The maximum absolute atomic E-state index is 11.2. The highest BCUT2D eigenvalue weighted by Crippen LogP contribution is 2.24. The number of hydrogen-bond acceptors (Lipinski definition) is 4. The Bertz CT molecular complexity index is 377. The Kier molecular flexibility index (Phi) is 5.33. The highest BCUT2D eigenvalue weighted by atomic mass is 16.5. The van der Waals surface area contributed by atoms with Crippen LogP contribution in [0, 0.1) is 6.92 Å². The molecule has 1 aromatic carbocycles. The fraction of sp³-hybridized carbons (Fsp3) is 0.462. The van der Waals surface area contributed by atoms with Crippen LogP contribution >= 0.6 is 0 Å². The number of anilines is 1. The van der Waals surface area contributed by atoms with E-state index in [4.69, 9.17) is 9.47 Å². The second-order valence-electron chi connectivity index (χ2n) is 3.69. The van der Waals surface area contributed by atoms with Crippen LogP contribution in [0.15, 0.2) is 18.2 Å². The molecule has 0 aliphatic heterocycles. The number of methoxy groups -OCH3 is 1. The molecule has 17 heavy (non-hydrogen) atoms. The summed E-state index contributed by atoms with van der Waals surface area (Å²) in [5, 5.41) is 3.17. The summed E-state index contributed by atoms with van der Waals surface area (Å²) in [6, 6.07) is 5.88. The van der Waals surface area contributed by atoms with Crippen molar-refractivity contribution in [1.82, 2.24) is 0 Å². The van der Waals surface area contributed by atoms with Crippen molar-refractivity contribution in [3.05, 3.63) is 23.8 Å². The van der Waals surface area contributed by atoms with Gasteiger partial charge in [0.2, 0.25) is 0 Å². The first-order valence-corrected chi connectivity index (χ1v) is 5.71. The minimum Gasteiger partial charge on any atom is -0.495 e. The molecule has 0 atom stereocenters. The van der Waals surface area contributed by atoms with Crippen molar-refractivity contribution in [2.45, 2.75) is 20.3 Å². The molecule has 1 N–H and O–H groups in total. The fourth-order valence-electron chi connectivity index (χ4n) is 1.49. The summed E-state index contributed by atoms with van der Waals surface area (Å²) in [5.41, 5.74) is 2.04. The number of carbonyl (C=O) groups is 1. The van der Waals surface area contributed by atoms with Crippen molar-refractivity contribution in [1.29, 1.82) is 0 Å². The van der Waals surface area contributed by atoms with Gasteiger partial charge in [-0.15, -0.1) is 0 Å². The summed E-state index contributed by atoms with van der Waals surface area (Å²) in [7, 11) is 1.63. The van der Waals surface area contributed by atoms with Crippen molar-refractivity contribution >= 4 is 11.7 Å². The average molecular weight is 237 g/mol. The van der Waals surface area contributed by atoms with Crippen LogP contribution in [0.1, 0.15) is 18.9 Å². The van der Waals surface area contributed by atoms with Crippen LogP contribution in [-0.4, -0.2) is 26.2 Å². The van der Waals surface area contributed by atoms with Crippen LogP contribution in [0.3, 0.4) is 0 Å². The summed E-state index contributed by atoms with van der Waals surface area (Å²) in [4.78, 5) is 11.2. The Hall–Kier alpha value is -1.71. The highest BCUT2D eigenvalue weighted by molar-refractivity contribution is 5.70. The van der Waals surface area contributed by atoms with Crippen LogP contribution in [0.2, 0.25) is 0 Å². The summed E-state index contributed by atoms with van der Waals surface area (Å²) in [6.45, 7) is 4.77. The molecule has 4 heteroatoms. The van der Waals surface area contributed by atoms with Crippen LogP contribution in [0.4, 0.5) is 5.69 Å². The summed E-state index contributed by atoms with van der Waals surface area (Å²) in [6.07, 6.45) is 0.352. The second kappa shape index (κ2) is 6.78. The van der Waals surface area contributed by atoms with Gasteiger partial charge in [0.25, 0.3) is 0 Å². The van der Waals surface area contributed by atoms with Gasteiger partial charge >= 0.3 is 5.97 Å². The standard InChI is InChI=1S/C13H19NO3/c1-4-17-13(15)7-8-14-11-9-10(2)5-6-12(11)16-3/h5-6,9,14H,4,7-8H2,1-3H3. The molecular formula is C13H19NO3. The molecule has 0 amide bonds. The minimum atomic E-state index is -0.188. The Morgan fingerprint density at radius 2 is 2.18 bits per heavy atom. The van der Waals surface area contributed by atoms with Gasteiger partial charge in [-0.25, -0.2) is 0 Å². The highest BCUT2D eigenvalue weighted by Gasteiger charge is 2.04. The lowest BCUT2D eigenvalue weighted by Crippen LogP contribution is -2.11. The van der Waals surface area contributed by atoms with Gasteiger partial charge in [-0.05, 0) is 31.5 Å². The molecule has 0 bridgehead atoms. The summed E-state index contributed by atoms with van der Waals surface area (Å²) >= 11 is 0. The van der Waals surface area contributed by atoms with E-state index in [0.717, 1.165) is 17.0 Å². The molecule has 0 aliphatic rings. The third kappa shape index (κ3) is 4.34. The number of aryl methyl sites for hydroxylation is 1. The van der Waals surface area contributed by atoms with E-state index in [1.807, 2.05) is 25.1 Å². The lowest BCUT2D eigenvalue weighted by atomic mass is 10.2. The van der Waals surface area contributed by atoms with Crippen molar-refractivity contribution in [2.75, 3.05) is 25.6 Å². The number of nitrogens with one attached hydrogen (secondary N) is 1. The molecule has 0 unspecified atom stereocenters. The second-order valence-corrected chi connectivity index (χ2v) is 3.69. The van der Waals surface area contributed by atoms with Gasteiger partial charge < -0.3 is 14.8 Å². The number of rotatable bonds is 6. The molecule has 0 aliphatic carbocycles. The molecule has 1 rings (SSSR count). The van der Waals surface area contributed by atoms with Gasteiger partial charge in [0.1, 0.15) is 5.75 Å². The Balaban J connectivity index is 2.50. The van der Waals surface area contributed by atoms with Gasteiger partial charge in [0.05, 0.1) is 25.8 Å². The van der Waals surface area contributed by atoms with Gasteiger partial charge in [0.15, 0.2) is 0 Å². The summed E-state index contributed by atoms with van der Waals surface area (Å²) < 4.78 is 10.1. The van der Waals surface area contributed by atoms with Gasteiger partial charge in [-0.2, -0.15) is 0 Å². The zero-order valence-corrected chi connectivity index (χ0v) is 10.6. The third-order valence-electron chi connectivity index (χ3n) is 2.30. The van der Waals surface area contributed by atoms with E-state index in [0.29, 0.717) is 19.6 Å². The molecule has 0 fully saturated rings. The van der Waals surface area contributed by atoms with E-state index in [2.05, 4.69) is 5.32 Å². The van der Waals surface area contributed by atoms with E-state index in [-0.39, 0.29) is 5.97 Å². The maximum atomic E-state index is 11.2. The molecule has 4 nitrogen and oxygen atoms in total. The minimum absolute atomic E-state index is 0.188. The first-order valence-electron chi connectivity index (χ1n) is 5.71. The van der Waals surface area contributed by atoms with Crippen molar-refractivity contribution in [3.8, 4) is 5.75 Å².